The predicted octanol–water partition coefficient (Wildman–Crippen LogP) is 1.87. The van der Waals surface area contributed by atoms with Crippen molar-refractivity contribution >= 4 is 11.6 Å². The van der Waals surface area contributed by atoms with Gasteiger partial charge >= 0.3 is 0 Å². The van der Waals surface area contributed by atoms with Gasteiger partial charge in [-0.25, -0.2) is 0 Å². The molecule has 0 radical (unpaired) electrons. The number of carbonyl (C=O) groups excluding carboxylic acids is 1. The van der Waals surface area contributed by atoms with E-state index in [2.05, 4.69) is 39.4 Å². The van der Waals surface area contributed by atoms with Gasteiger partial charge in [-0.1, -0.05) is 12.1 Å². The number of methoxy groups -OCH3 is 1. The summed E-state index contributed by atoms with van der Waals surface area (Å²) in [5.74, 6) is 0.109. The average Bonchev–Trinajstić information content (AvgIpc) is 3.36. The molecular weight excluding hydrogens is 290 g/mol. The molecule has 0 heterocycles. The van der Waals surface area contributed by atoms with E-state index in [4.69, 9.17) is 4.74 Å². The number of nitrogens with zero attached hydrogens (tertiary/aromatic N) is 2. The zero-order chi connectivity index (χ0) is 16.7. The summed E-state index contributed by atoms with van der Waals surface area (Å²) in [6.07, 6.45) is 3.26. The van der Waals surface area contributed by atoms with Crippen LogP contribution >= 0.6 is 0 Å². The summed E-state index contributed by atoms with van der Waals surface area (Å²) in [6, 6.07) is 9.13. The highest BCUT2D eigenvalue weighted by Crippen LogP contribution is 2.28. The van der Waals surface area contributed by atoms with Gasteiger partial charge in [0.05, 0.1) is 6.54 Å². The Morgan fingerprint density at radius 1 is 1.26 bits per heavy atom. The smallest absolute Gasteiger partial charge is 0.234 e. The molecule has 5 heteroatoms. The van der Waals surface area contributed by atoms with Crippen molar-refractivity contribution in [2.45, 2.75) is 31.8 Å². The second-order valence-electron chi connectivity index (χ2n) is 6.39. The summed E-state index contributed by atoms with van der Waals surface area (Å²) in [5.41, 5.74) is 2.46. The summed E-state index contributed by atoms with van der Waals surface area (Å²) in [5, 5.41) is 2.97. The Morgan fingerprint density at radius 3 is 2.52 bits per heavy atom. The zero-order valence-corrected chi connectivity index (χ0v) is 14.5. The van der Waals surface area contributed by atoms with Gasteiger partial charge in [0.15, 0.2) is 0 Å². The molecule has 2 rings (SSSR count). The largest absolute Gasteiger partial charge is 0.385 e. The van der Waals surface area contributed by atoms with Gasteiger partial charge in [0.25, 0.3) is 0 Å². The molecular formula is C18H29N3O2. The third-order valence-corrected chi connectivity index (χ3v) is 4.10. The van der Waals surface area contributed by atoms with Crippen molar-refractivity contribution in [1.82, 2.24) is 10.2 Å². The average molecular weight is 319 g/mol. The number of nitrogens with one attached hydrogen (secondary N) is 1. The molecule has 0 aliphatic heterocycles. The number of benzene rings is 1. The third kappa shape index (κ3) is 6.20. The van der Waals surface area contributed by atoms with Crippen LogP contribution in [0.3, 0.4) is 0 Å². The molecule has 1 aliphatic rings. The molecule has 0 spiro atoms. The lowest BCUT2D eigenvalue weighted by molar-refractivity contribution is -0.122. The summed E-state index contributed by atoms with van der Waals surface area (Å²) in [7, 11) is 5.76. The van der Waals surface area contributed by atoms with Gasteiger partial charge in [-0.3, -0.25) is 9.69 Å². The van der Waals surface area contributed by atoms with Gasteiger partial charge in [0, 0.05) is 52.6 Å². The van der Waals surface area contributed by atoms with Crippen LogP contribution in [-0.4, -0.2) is 57.8 Å². The van der Waals surface area contributed by atoms with E-state index in [-0.39, 0.29) is 5.91 Å². The lowest BCUT2D eigenvalue weighted by atomic mass is 10.2. The molecule has 5 nitrogen and oxygen atoms in total. The normalized spacial score (nSPS) is 14.1. The maximum Gasteiger partial charge on any atom is 0.234 e. The van der Waals surface area contributed by atoms with Crippen molar-refractivity contribution in [3.05, 3.63) is 29.8 Å². The Balaban J connectivity index is 1.83. The van der Waals surface area contributed by atoms with Gasteiger partial charge < -0.3 is 15.0 Å². The van der Waals surface area contributed by atoms with Crippen LogP contribution in [0.2, 0.25) is 0 Å². The molecule has 0 bridgehead atoms. The van der Waals surface area contributed by atoms with E-state index in [0.717, 1.165) is 13.0 Å². The Hall–Kier alpha value is -1.59. The molecule has 128 valence electrons. The van der Waals surface area contributed by atoms with E-state index in [1.807, 2.05) is 14.1 Å². The zero-order valence-electron chi connectivity index (χ0n) is 14.5. The van der Waals surface area contributed by atoms with Crippen molar-refractivity contribution in [2.24, 2.45) is 0 Å². The molecule has 1 aromatic rings. The third-order valence-electron chi connectivity index (χ3n) is 4.10. The molecule has 0 atom stereocenters. The number of hydrogen-bond acceptors (Lipinski definition) is 4. The Labute approximate surface area is 139 Å². The molecule has 1 N–H and O–H groups in total. The van der Waals surface area contributed by atoms with Gasteiger partial charge in [-0.15, -0.1) is 0 Å². The second-order valence-corrected chi connectivity index (χ2v) is 6.39. The highest BCUT2D eigenvalue weighted by Gasteiger charge is 2.30. The van der Waals surface area contributed by atoms with Crippen LogP contribution in [0.1, 0.15) is 24.8 Å². The summed E-state index contributed by atoms with van der Waals surface area (Å²) in [6.45, 7) is 2.69. The van der Waals surface area contributed by atoms with Gasteiger partial charge in [0.1, 0.15) is 0 Å². The fraction of sp³-hybridized carbons (Fsp3) is 0.611. The lowest BCUT2D eigenvalue weighted by Crippen LogP contribution is -2.38. The fourth-order valence-corrected chi connectivity index (χ4v) is 2.57. The minimum Gasteiger partial charge on any atom is -0.385 e. The van der Waals surface area contributed by atoms with Crippen molar-refractivity contribution in [3.8, 4) is 0 Å². The highest BCUT2D eigenvalue weighted by molar-refractivity contribution is 5.78. The van der Waals surface area contributed by atoms with Crippen LogP contribution < -0.4 is 10.2 Å². The van der Waals surface area contributed by atoms with Crippen LogP contribution in [0.25, 0.3) is 0 Å². The number of carbonyl (C=O) groups is 1. The number of amides is 1. The minimum absolute atomic E-state index is 0.109. The highest BCUT2D eigenvalue weighted by atomic mass is 16.5. The van der Waals surface area contributed by atoms with E-state index < -0.39 is 0 Å². The number of anilines is 1. The van der Waals surface area contributed by atoms with E-state index in [0.29, 0.717) is 25.7 Å². The molecule has 0 aromatic heterocycles. The van der Waals surface area contributed by atoms with Crippen LogP contribution in [0.15, 0.2) is 24.3 Å². The first-order valence-electron chi connectivity index (χ1n) is 8.36. The minimum atomic E-state index is 0.109. The Bertz CT molecular complexity index is 484. The number of hydrogen-bond donors (Lipinski definition) is 1. The van der Waals surface area contributed by atoms with Crippen molar-refractivity contribution in [1.29, 1.82) is 0 Å². The van der Waals surface area contributed by atoms with E-state index in [1.165, 1.54) is 24.1 Å². The summed E-state index contributed by atoms with van der Waals surface area (Å²) < 4.78 is 4.99. The van der Waals surface area contributed by atoms with E-state index >= 15 is 0 Å². The topological polar surface area (TPSA) is 44.8 Å². The van der Waals surface area contributed by atoms with Crippen molar-refractivity contribution in [2.75, 3.05) is 45.8 Å². The molecule has 1 aliphatic carbocycles. The summed E-state index contributed by atoms with van der Waals surface area (Å²) in [4.78, 5) is 16.5. The molecule has 1 amide bonds. The maximum atomic E-state index is 12.1. The molecule has 0 unspecified atom stereocenters. The standard InChI is InChI=1S/C18H29N3O2/c1-20(2)16-7-5-15(6-8-16)13-21(17-9-10-17)14-18(22)19-11-4-12-23-3/h5-8,17H,4,9-14H2,1-3H3,(H,19,22). The first-order valence-corrected chi connectivity index (χ1v) is 8.36. The van der Waals surface area contributed by atoms with Crippen LogP contribution in [0.4, 0.5) is 5.69 Å². The SMILES string of the molecule is COCCCNC(=O)CN(Cc1ccc(N(C)C)cc1)C1CC1. The molecule has 1 fully saturated rings. The Morgan fingerprint density at radius 2 is 1.96 bits per heavy atom. The first-order chi connectivity index (χ1) is 11.1. The first kappa shape index (κ1) is 17.8. The van der Waals surface area contributed by atoms with Crippen molar-refractivity contribution < 1.29 is 9.53 Å². The maximum absolute atomic E-state index is 12.1. The molecule has 1 saturated carbocycles. The Kier molecular flexibility index (Phi) is 6.86. The van der Waals surface area contributed by atoms with Crippen LogP contribution in [0.5, 0.6) is 0 Å². The van der Waals surface area contributed by atoms with Crippen LogP contribution in [0, 0.1) is 0 Å². The fourth-order valence-electron chi connectivity index (χ4n) is 2.57. The van der Waals surface area contributed by atoms with Gasteiger partial charge in [-0.2, -0.15) is 0 Å². The number of ether oxygens (including phenoxy) is 1. The molecule has 23 heavy (non-hydrogen) atoms. The molecule has 1 aromatic carbocycles. The monoisotopic (exact) mass is 319 g/mol. The quantitative estimate of drug-likeness (QED) is 0.669. The second kappa shape index (κ2) is 8.89. The van der Waals surface area contributed by atoms with Gasteiger partial charge in [-0.05, 0) is 37.0 Å². The number of rotatable bonds is 10. The lowest BCUT2D eigenvalue weighted by Gasteiger charge is -2.22. The summed E-state index contributed by atoms with van der Waals surface area (Å²) >= 11 is 0. The van der Waals surface area contributed by atoms with Gasteiger partial charge in [0.2, 0.25) is 5.91 Å². The predicted molar refractivity (Wildman–Crippen MR) is 93.7 cm³/mol. The van der Waals surface area contributed by atoms with E-state index in [1.54, 1.807) is 7.11 Å². The molecule has 0 saturated heterocycles. The van der Waals surface area contributed by atoms with Crippen molar-refractivity contribution in [3.63, 3.8) is 0 Å². The van der Waals surface area contributed by atoms with Crippen LogP contribution in [-0.2, 0) is 16.1 Å². The van der Waals surface area contributed by atoms with E-state index in [9.17, 15) is 4.79 Å².